The van der Waals surface area contributed by atoms with E-state index in [9.17, 15) is 9.59 Å². The summed E-state index contributed by atoms with van der Waals surface area (Å²) >= 11 is 0. The number of hydrogen-bond donors (Lipinski definition) is 2. The first-order valence-corrected chi connectivity index (χ1v) is 11.1. The van der Waals surface area contributed by atoms with Crippen LogP contribution in [-0.4, -0.2) is 51.3 Å². The summed E-state index contributed by atoms with van der Waals surface area (Å²) in [7, 11) is 1.87. The molecule has 32 heavy (non-hydrogen) atoms. The molecule has 0 saturated carbocycles. The molecule has 0 aliphatic rings. The average Bonchev–Trinajstić information content (AvgIpc) is 2.82. The molecule has 0 heterocycles. The molecule has 2 N–H and O–H groups in total. The Balaban J connectivity index is 1.97. The number of benzene rings is 2. The lowest BCUT2D eigenvalue weighted by Gasteiger charge is -2.18. The number of carbonyl (C=O) groups excluding carboxylic acids is 2. The largest absolute Gasteiger partial charge is 0.492 e. The normalized spacial score (nSPS) is 11.6. The van der Waals surface area contributed by atoms with E-state index in [1.54, 1.807) is 0 Å². The SMILES string of the molecule is CCCOCCC(=O)N[C@@H](Cc1ccc(OCCNC)cc1)C(=O)OCc1ccccc1. The van der Waals surface area contributed by atoms with E-state index >= 15 is 0 Å². The van der Waals surface area contributed by atoms with Crippen molar-refractivity contribution in [3.8, 4) is 5.75 Å². The maximum atomic E-state index is 12.8. The molecule has 2 aromatic rings. The molecule has 0 unspecified atom stereocenters. The number of rotatable bonds is 15. The molecule has 2 rings (SSSR count). The summed E-state index contributed by atoms with van der Waals surface area (Å²) in [5.41, 5.74) is 1.79. The van der Waals surface area contributed by atoms with E-state index in [0.717, 1.165) is 29.8 Å². The smallest absolute Gasteiger partial charge is 0.329 e. The second-order valence-electron chi connectivity index (χ2n) is 7.38. The predicted molar refractivity (Wildman–Crippen MR) is 123 cm³/mol. The first-order chi connectivity index (χ1) is 15.6. The fraction of sp³-hybridized carbons (Fsp3) is 0.440. The van der Waals surface area contributed by atoms with E-state index in [1.807, 2.05) is 68.6 Å². The summed E-state index contributed by atoms with van der Waals surface area (Å²) in [6.07, 6.45) is 1.41. The Bertz CT molecular complexity index is 796. The van der Waals surface area contributed by atoms with Crippen molar-refractivity contribution >= 4 is 11.9 Å². The van der Waals surface area contributed by atoms with Crippen molar-refractivity contribution in [3.63, 3.8) is 0 Å². The van der Waals surface area contributed by atoms with Crippen molar-refractivity contribution in [1.29, 1.82) is 0 Å². The molecule has 0 aliphatic heterocycles. The summed E-state index contributed by atoms with van der Waals surface area (Å²) in [5.74, 6) is 0.0464. The van der Waals surface area contributed by atoms with Crippen LogP contribution in [0, 0.1) is 0 Å². The third kappa shape index (κ3) is 9.94. The van der Waals surface area contributed by atoms with Gasteiger partial charge in [0.15, 0.2) is 0 Å². The highest BCUT2D eigenvalue weighted by Gasteiger charge is 2.23. The average molecular weight is 443 g/mol. The van der Waals surface area contributed by atoms with E-state index in [4.69, 9.17) is 14.2 Å². The number of likely N-dealkylation sites (N-methyl/N-ethyl adjacent to an activating group) is 1. The number of ether oxygens (including phenoxy) is 3. The van der Waals surface area contributed by atoms with Crippen LogP contribution < -0.4 is 15.4 Å². The van der Waals surface area contributed by atoms with Gasteiger partial charge in [-0.1, -0.05) is 49.4 Å². The van der Waals surface area contributed by atoms with Gasteiger partial charge in [0, 0.05) is 26.0 Å². The molecule has 0 fully saturated rings. The Morgan fingerprint density at radius 2 is 1.69 bits per heavy atom. The molecule has 2 aromatic carbocycles. The first kappa shape index (κ1) is 25.4. The van der Waals surface area contributed by atoms with Crippen molar-refractivity contribution in [2.24, 2.45) is 0 Å². The van der Waals surface area contributed by atoms with Crippen LogP contribution in [0.15, 0.2) is 54.6 Å². The topological polar surface area (TPSA) is 85.9 Å². The van der Waals surface area contributed by atoms with E-state index in [0.29, 0.717) is 26.2 Å². The second-order valence-corrected chi connectivity index (χ2v) is 7.38. The van der Waals surface area contributed by atoms with Gasteiger partial charge in [0.05, 0.1) is 6.61 Å². The van der Waals surface area contributed by atoms with Crippen LogP contribution in [0.2, 0.25) is 0 Å². The van der Waals surface area contributed by atoms with Gasteiger partial charge >= 0.3 is 5.97 Å². The van der Waals surface area contributed by atoms with E-state index in [1.165, 1.54) is 0 Å². The minimum absolute atomic E-state index is 0.157. The molecule has 174 valence electrons. The lowest BCUT2D eigenvalue weighted by atomic mass is 10.1. The molecular weight excluding hydrogens is 408 g/mol. The fourth-order valence-electron chi connectivity index (χ4n) is 2.93. The molecule has 0 spiro atoms. The van der Waals surface area contributed by atoms with Crippen molar-refractivity contribution < 1.29 is 23.8 Å². The molecule has 0 radical (unpaired) electrons. The Morgan fingerprint density at radius 3 is 2.38 bits per heavy atom. The monoisotopic (exact) mass is 442 g/mol. The Hall–Kier alpha value is -2.90. The first-order valence-electron chi connectivity index (χ1n) is 11.1. The fourth-order valence-corrected chi connectivity index (χ4v) is 2.93. The van der Waals surface area contributed by atoms with Crippen molar-refractivity contribution in [1.82, 2.24) is 10.6 Å². The zero-order valence-electron chi connectivity index (χ0n) is 19.0. The summed E-state index contributed by atoms with van der Waals surface area (Å²) in [6.45, 7) is 4.42. The van der Waals surface area contributed by atoms with Crippen LogP contribution in [-0.2, 0) is 32.1 Å². The highest BCUT2D eigenvalue weighted by atomic mass is 16.5. The van der Waals surface area contributed by atoms with Gasteiger partial charge < -0.3 is 24.8 Å². The van der Waals surface area contributed by atoms with Gasteiger partial charge in [-0.2, -0.15) is 0 Å². The summed E-state index contributed by atoms with van der Waals surface area (Å²) in [4.78, 5) is 25.1. The van der Waals surface area contributed by atoms with Crippen LogP contribution in [0.25, 0.3) is 0 Å². The maximum absolute atomic E-state index is 12.8. The molecule has 0 saturated heterocycles. The third-order valence-electron chi connectivity index (χ3n) is 4.65. The van der Waals surface area contributed by atoms with E-state index in [2.05, 4.69) is 10.6 Å². The third-order valence-corrected chi connectivity index (χ3v) is 4.65. The van der Waals surface area contributed by atoms with Gasteiger partial charge in [0.1, 0.15) is 25.0 Å². The number of amides is 1. The standard InChI is InChI=1S/C25H34N2O5/c1-3-15-30-16-13-24(28)27-23(25(29)32-19-21-7-5-4-6-8-21)18-20-9-11-22(12-10-20)31-17-14-26-2/h4-12,23,26H,3,13-19H2,1-2H3,(H,27,28)/t23-/m0/s1. The van der Waals surface area contributed by atoms with Gasteiger partial charge in [-0.25, -0.2) is 4.79 Å². The summed E-state index contributed by atoms with van der Waals surface area (Å²) in [5, 5.41) is 5.83. The number of hydrogen-bond acceptors (Lipinski definition) is 6. The van der Waals surface area contributed by atoms with Crippen molar-refractivity contribution in [3.05, 3.63) is 65.7 Å². The van der Waals surface area contributed by atoms with Gasteiger partial charge in [-0.05, 0) is 36.7 Å². The zero-order chi connectivity index (χ0) is 23.0. The van der Waals surface area contributed by atoms with Crippen LogP contribution in [0.3, 0.4) is 0 Å². The molecule has 7 heteroatoms. The minimum Gasteiger partial charge on any atom is -0.492 e. The number of nitrogens with one attached hydrogen (secondary N) is 2. The van der Waals surface area contributed by atoms with Crippen LogP contribution in [0.1, 0.15) is 30.9 Å². The Labute approximate surface area is 190 Å². The summed E-state index contributed by atoms with van der Waals surface area (Å²) < 4.78 is 16.5. The Morgan fingerprint density at radius 1 is 0.938 bits per heavy atom. The zero-order valence-corrected chi connectivity index (χ0v) is 19.0. The predicted octanol–water partition coefficient (Wildman–Crippen LogP) is 2.87. The van der Waals surface area contributed by atoms with Crippen molar-refractivity contribution in [2.45, 2.75) is 38.8 Å². The molecular formula is C25H34N2O5. The number of carbonyl (C=O) groups is 2. The highest BCUT2D eigenvalue weighted by Crippen LogP contribution is 2.14. The molecule has 1 amide bonds. The molecule has 0 aromatic heterocycles. The van der Waals surface area contributed by atoms with E-state index in [-0.39, 0.29) is 18.9 Å². The lowest BCUT2D eigenvalue weighted by molar-refractivity contribution is -0.149. The maximum Gasteiger partial charge on any atom is 0.329 e. The molecule has 0 bridgehead atoms. The highest BCUT2D eigenvalue weighted by molar-refractivity contribution is 5.84. The molecule has 0 aliphatic carbocycles. The van der Waals surface area contributed by atoms with Gasteiger partial charge in [-0.3, -0.25) is 4.79 Å². The van der Waals surface area contributed by atoms with E-state index < -0.39 is 12.0 Å². The Kier molecular flexibility index (Phi) is 11.9. The van der Waals surface area contributed by atoms with Gasteiger partial charge in [0.2, 0.25) is 5.91 Å². The van der Waals surface area contributed by atoms with Gasteiger partial charge in [-0.15, -0.1) is 0 Å². The molecule has 1 atom stereocenters. The van der Waals surface area contributed by atoms with Gasteiger partial charge in [0.25, 0.3) is 0 Å². The number of esters is 1. The summed E-state index contributed by atoms with van der Waals surface area (Å²) in [6, 6.07) is 16.2. The van der Waals surface area contributed by atoms with Crippen molar-refractivity contribution in [2.75, 3.05) is 33.4 Å². The minimum atomic E-state index is -0.784. The second kappa shape index (κ2) is 15.0. The molecule has 7 nitrogen and oxygen atoms in total. The van der Waals surface area contributed by atoms with Crippen LogP contribution >= 0.6 is 0 Å². The van der Waals surface area contributed by atoms with Crippen LogP contribution in [0.5, 0.6) is 5.75 Å². The lowest BCUT2D eigenvalue weighted by Crippen LogP contribution is -2.43. The quantitative estimate of drug-likeness (QED) is 0.326. The van der Waals surface area contributed by atoms with Crippen LogP contribution in [0.4, 0.5) is 0 Å².